The molecule has 7 nitrogen and oxygen atoms in total. The fraction of sp³-hybridized carbons (Fsp3) is 0.304. The van der Waals surface area contributed by atoms with Crippen molar-refractivity contribution in [2.24, 2.45) is 0 Å². The highest BCUT2D eigenvalue weighted by Gasteiger charge is 2.22. The van der Waals surface area contributed by atoms with Gasteiger partial charge in [-0.1, -0.05) is 30.3 Å². The average Bonchev–Trinajstić information content (AvgIpc) is 2.78. The Hall–Kier alpha value is -3.48. The number of pyridine rings is 1. The molecule has 7 heteroatoms. The van der Waals surface area contributed by atoms with Crippen LogP contribution in [0.5, 0.6) is 0 Å². The van der Waals surface area contributed by atoms with Gasteiger partial charge in [-0.2, -0.15) is 0 Å². The van der Waals surface area contributed by atoms with Crippen molar-refractivity contribution in [2.45, 2.75) is 19.8 Å². The lowest BCUT2D eigenvalue weighted by molar-refractivity contribution is -0.131. The first-order chi connectivity index (χ1) is 14.7. The molecule has 1 amide bonds. The summed E-state index contributed by atoms with van der Waals surface area (Å²) in [5, 5.41) is 3.23. The third-order valence-electron chi connectivity index (χ3n) is 5.25. The van der Waals surface area contributed by atoms with Crippen LogP contribution in [-0.2, 0) is 11.2 Å². The second-order valence-electron chi connectivity index (χ2n) is 7.46. The van der Waals surface area contributed by atoms with Crippen LogP contribution in [0.4, 0.5) is 17.5 Å². The number of hydrogen-bond donors (Lipinski definition) is 1. The molecule has 0 saturated carbocycles. The number of hydrogen-bond acceptors (Lipinski definition) is 6. The highest BCUT2D eigenvalue weighted by molar-refractivity contribution is 5.76. The fourth-order valence-electron chi connectivity index (χ4n) is 3.56. The SMILES string of the molecule is Cc1ccnc(Nc2cc(N3CCN(C(=O)CCc4ccccc4)CC3)ncn2)c1. The normalized spacial score (nSPS) is 13.9. The van der Waals surface area contributed by atoms with Gasteiger partial charge in [0.15, 0.2) is 0 Å². The van der Waals surface area contributed by atoms with Crippen molar-refractivity contribution in [2.75, 3.05) is 36.4 Å². The van der Waals surface area contributed by atoms with Gasteiger partial charge in [0.1, 0.15) is 23.8 Å². The largest absolute Gasteiger partial charge is 0.353 e. The Labute approximate surface area is 176 Å². The number of carbonyl (C=O) groups excluding carboxylic acids is 1. The number of anilines is 3. The molecule has 3 heterocycles. The minimum Gasteiger partial charge on any atom is -0.353 e. The first-order valence-electron chi connectivity index (χ1n) is 10.3. The van der Waals surface area contributed by atoms with E-state index in [1.165, 1.54) is 5.56 Å². The van der Waals surface area contributed by atoms with E-state index in [1.807, 2.05) is 48.2 Å². The van der Waals surface area contributed by atoms with Gasteiger partial charge in [-0.05, 0) is 36.6 Å². The minimum absolute atomic E-state index is 0.217. The first-order valence-corrected chi connectivity index (χ1v) is 10.3. The van der Waals surface area contributed by atoms with E-state index in [9.17, 15) is 4.79 Å². The quantitative estimate of drug-likeness (QED) is 0.683. The Morgan fingerprint density at radius 3 is 2.50 bits per heavy atom. The van der Waals surface area contributed by atoms with Gasteiger partial charge >= 0.3 is 0 Å². The van der Waals surface area contributed by atoms with Crippen LogP contribution in [0.3, 0.4) is 0 Å². The summed E-state index contributed by atoms with van der Waals surface area (Å²) in [5.41, 5.74) is 2.34. The van der Waals surface area contributed by atoms with Gasteiger partial charge in [-0.15, -0.1) is 0 Å². The van der Waals surface area contributed by atoms with E-state index in [0.717, 1.165) is 36.7 Å². The molecule has 30 heavy (non-hydrogen) atoms. The van der Waals surface area contributed by atoms with E-state index in [2.05, 4.69) is 37.3 Å². The molecule has 3 aromatic rings. The molecule has 1 saturated heterocycles. The van der Waals surface area contributed by atoms with Crippen LogP contribution in [-0.4, -0.2) is 51.9 Å². The number of carbonyl (C=O) groups is 1. The van der Waals surface area contributed by atoms with Crippen molar-refractivity contribution in [3.63, 3.8) is 0 Å². The Morgan fingerprint density at radius 2 is 1.73 bits per heavy atom. The average molecular weight is 403 g/mol. The van der Waals surface area contributed by atoms with Crippen molar-refractivity contribution in [3.05, 3.63) is 72.2 Å². The number of nitrogens with one attached hydrogen (secondary N) is 1. The lowest BCUT2D eigenvalue weighted by Crippen LogP contribution is -2.49. The van der Waals surface area contributed by atoms with Crippen molar-refractivity contribution in [3.8, 4) is 0 Å². The van der Waals surface area contributed by atoms with Crippen molar-refractivity contribution < 1.29 is 4.79 Å². The van der Waals surface area contributed by atoms with Gasteiger partial charge in [0.05, 0.1) is 0 Å². The topological polar surface area (TPSA) is 74.2 Å². The highest BCUT2D eigenvalue weighted by atomic mass is 16.2. The van der Waals surface area contributed by atoms with E-state index in [1.54, 1.807) is 12.5 Å². The summed E-state index contributed by atoms with van der Waals surface area (Å²) < 4.78 is 0. The minimum atomic E-state index is 0.217. The van der Waals surface area contributed by atoms with Crippen molar-refractivity contribution in [1.29, 1.82) is 0 Å². The summed E-state index contributed by atoms with van der Waals surface area (Å²) in [6.07, 6.45) is 4.67. The first kappa shape index (κ1) is 19.8. The highest BCUT2D eigenvalue weighted by Crippen LogP contribution is 2.19. The number of benzene rings is 1. The van der Waals surface area contributed by atoms with Crippen LogP contribution in [0.1, 0.15) is 17.5 Å². The Balaban J connectivity index is 1.31. The Kier molecular flexibility index (Phi) is 6.17. The third kappa shape index (κ3) is 5.11. The Morgan fingerprint density at radius 1 is 0.967 bits per heavy atom. The predicted molar refractivity (Wildman–Crippen MR) is 118 cm³/mol. The molecule has 0 atom stereocenters. The monoisotopic (exact) mass is 402 g/mol. The summed E-state index contributed by atoms with van der Waals surface area (Å²) in [6, 6.07) is 16.0. The lowest BCUT2D eigenvalue weighted by Gasteiger charge is -2.35. The maximum Gasteiger partial charge on any atom is 0.223 e. The smallest absolute Gasteiger partial charge is 0.223 e. The molecule has 0 aliphatic carbocycles. The van der Waals surface area contributed by atoms with Gasteiger partial charge in [0.2, 0.25) is 5.91 Å². The fourth-order valence-corrected chi connectivity index (χ4v) is 3.56. The van der Waals surface area contributed by atoms with Gasteiger partial charge in [-0.3, -0.25) is 4.79 Å². The standard InChI is InChI=1S/C23H26N6O/c1-18-9-10-24-20(15-18)27-21-16-22(26-17-25-21)28-11-13-29(14-12-28)23(30)8-7-19-5-3-2-4-6-19/h2-6,9-10,15-17H,7-8,11-14H2,1H3,(H,24,25,26,27). The van der Waals surface area contributed by atoms with Crippen LogP contribution in [0.2, 0.25) is 0 Å². The molecule has 1 aliphatic heterocycles. The molecule has 0 spiro atoms. The zero-order valence-corrected chi connectivity index (χ0v) is 17.2. The molecule has 1 aliphatic rings. The molecule has 1 N–H and O–H groups in total. The molecule has 1 aromatic carbocycles. The maximum atomic E-state index is 12.6. The van der Waals surface area contributed by atoms with Crippen molar-refractivity contribution >= 4 is 23.4 Å². The number of piperazine rings is 1. The molecule has 2 aromatic heterocycles. The van der Waals surface area contributed by atoms with Crippen LogP contribution < -0.4 is 10.2 Å². The summed E-state index contributed by atoms with van der Waals surface area (Å²) in [6.45, 7) is 4.96. The van der Waals surface area contributed by atoms with E-state index in [4.69, 9.17) is 0 Å². The summed E-state index contributed by atoms with van der Waals surface area (Å²) in [5.74, 6) is 2.54. The second-order valence-corrected chi connectivity index (χ2v) is 7.46. The lowest BCUT2D eigenvalue weighted by atomic mass is 10.1. The molecule has 0 unspecified atom stereocenters. The van der Waals surface area contributed by atoms with E-state index in [0.29, 0.717) is 25.3 Å². The van der Waals surface area contributed by atoms with E-state index < -0.39 is 0 Å². The van der Waals surface area contributed by atoms with Crippen LogP contribution in [0.25, 0.3) is 0 Å². The van der Waals surface area contributed by atoms with E-state index >= 15 is 0 Å². The van der Waals surface area contributed by atoms with Crippen LogP contribution in [0.15, 0.2) is 61.1 Å². The second kappa shape index (κ2) is 9.35. The summed E-state index contributed by atoms with van der Waals surface area (Å²) >= 11 is 0. The zero-order valence-electron chi connectivity index (χ0n) is 17.2. The molecular weight excluding hydrogens is 376 g/mol. The molecular formula is C23H26N6O. The maximum absolute atomic E-state index is 12.6. The van der Waals surface area contributed by atoms with Crippen LogP contribution >= 0.6 is 0 Å². The number of amides is 1. The summed E-state index contributed by atoms with van der Waals surface area (Å²) in [4.78, 5) is 29.7. The van der Waals surface area contributed by atoms with Gasteiger partial charge in [-0.25, -0.2) is 15.0 Å². The number of nitrogens with zero attached hydrogens (tertiary/aromatic N) is 5. The van der Waals surface area contributed by atoms with Gasteiger partial charge in [0.25, 0.3) is 0 Å². The van der Waals surface area contributed by atoms with Gasteiger partial charge < -0.3 is 15.1 Å². The third-order valence-corrected chi connectivity index (χ3v) is 5.25. The number of aryl methyl sites for hydroxylation is 2. The number of rotatable bonds is 6. The zero-order chi connectivity index (χ0) is 20.8. The molecule has 154 valence electrons. The van der Waals surface area contributed by atoms with Gasteiger partial charge in [0, 0.05) is 44.9 Å². The Bertz CT molecular complexity index is 986. The predicted octanol–water partition coefficient (Wildman–Crippen LogP) is 3.21. The molecule has 1 fully saturated rings. The van der Waals surface area contributed by atoms with E-state index in [-0.39, 0.29) is 5.91 Å². The van der Waals surface area contributed by atoms with Crippen LogP contribution in [0, 0.1) is 6.92 Å². The molecule has 0 bridgehead atoms. The van der Waals surface area contributed by atoms with Crippen molar-refractivity contribution in [1.82, 2.24) is 19.9 Å². The molecule has 4 rings (SSSR count). The summed E-state index contributed by atoms with van der Waals surface area (Å²) in [7, 11) is 0. The number of aromatic nitrogens is 3. The molecule has 0 radical (unpaired) electrons.